The van der Waals surface area contributed by atoms with Crippen molar-refractivity contribution in [3.05, 3.63) is 40.8 Å². The topological polar surface area (TPSA) is 156 Å². The van der Waals surface area contributed by atoms with E-state index < -0.39 is 49.1 Å². The Kier molecular flexibility index (Phi) is 5.09. The van der Waals surface area contributed by atoms with E-state index >= 15 is 0 Å². The Bertz CT molecular complexity index is 846. The molecular weight excluding hydrogens is 352 g/mol. The average molecular weight is 368 g/mol. The fourth-order valence-electron chi connectivity index (χ4n) is 2.55. The maximum absolute atomic E-state index is 11.3. The molecule has 0 radical (unpaired) electrons. The lowest BCUT2D eigenvalue weighted by atomic mass is 9.99. The third kappa shape index (κ3) is 3.78. The molecule has 0 unspecified atom stereocenters. The molecule has 10 nitrogen and oxygen atoms in total. The first-order valence-electron chi connectivity index (χ1n) is 7.61. The molecular formula is C16H16O10. The second-order valence-corrected chi connectivity index (χ2v) is 5.66. The first kappa shape index (κ1) is 18.1. The second-order valence-electron chi connectivity index (χ2n) is 5.66. The van der Waals surface area contributed by atoms with Crippen molar-refractivity contribution in [2.24, 2.45) is 0 Å². The van der Waals surface area contributed by atoms with Crippen LogP contribution in [0, 0.1) is 0 Å². The molecule has 1 fully saturated rings. The van der Waals surface area contributed by atoms with Gasteiger partial charge in [0.05, 0.1) is 0 Å². The zero-order valence-corrected chi connectivity index (χ0v) is 13.2. The summed E-state index contributed by atoms with van der Waals surface area (Å²) in [7, 11) is 0. The van der Waals surface area contributed by atoms with E-state index in [1.807, 2.05) is 0 Å². The van der Waals surface area contributed by atoms with Crippen LogP contribution in [0.3, 0.4) is 0 Å². The van der Waals surface area contributed by atoms with Crippen molar-refractivity contribution >= 4 is 17.1 Å². The lowest BCUT2D eigenvalue weighted by Gasteiger charge is -2.39. The molecule has 10 heteroatoms. The largest absolute Gasteiger partial charge is 0.505 e. The van der Waals surface area contributed by atoms with Crippen molar-refractivity contribution in [2.45, 2.75) is 30.7 Å². The highest BCUT2D eigenvalue weighted by Crippen LogP contribution is 2.26. The first-order valence-corrected chi connectivity index (χ1v) is 7.61. The highest BCUT2D eigenvalue weighted by Gasteiger charge is 2.45. The van der Waals surface area contributed by atoms with Crippen LogP contribution in [0.25, 0.3) is 11.0 Å². The summed E-state index contributed by atoms with van der Waals surface area (Å²) < 4.78 is 20.1. The fourth-order valence-corrected chi connectivity index (χ4v) is 2.55. The van der Waals surface area contributed by atoms with Crippen LogP contribution in [0.15, 0.2) is 39.5 Å². The predicted octanol–water partition coefficient (Wildman–Crippen LogP) is -0.326. The molecule has 0 amide bonds. The molecule has 2 aromatic rings. The van der Waals surface area contributed by atoms with Gasteiger partial charge in [0, 0.05) is 17.5 Å². The second kappa shape index (κ2) is 7.30. The molecule has 5 atom stereocenters. The summed E-state index contributed by atoms with van der Waals surface area (Å²) in [6, 6.07) is 7.36. The van der Waals surface area contributed by atoms with Crippen molar-refractivity contribution in [1.82, 2.24) is 0 Å². The van der Waals surface area contributed by atoms with E-state index in [2.05, 4.69) is 4.74 Å². The van der Waals surface area contributed by atoms with Gasteiger partial charge in [-0.05, 0) is 18.2 Å². The molecule has 0 aliphatic carbocycles. The summed E-state index contributed by atoms with van der Waals surface area (Å²) in [5, 5.41) is 39.0. The Morgan fingerprint density at radius 1 is 1.08 bits per heavy atom. The molecule has 1 aliphatic rings. The fraction of sp³-hybridized carbons (Fsp3) is 0.375. The van der Waals surface area contributed by atoms with Crippen LogP contribution < -0.4 is 10.4 Å². The number of carbonyl (C=O) groups is 1. The first-order chi connectivity index (χ1) is 12.3. The summed E-state index contributed by atoms with van der Waals surface area (Å²) in [5.74, 6) is 0.164. The molecule has 1 saturated heterocycles. The third-order valence-corrected chi connectivity index (χ3v) is 3.89. The Morgan fingerprint density at radius 2 is 1.81 bits per heavy atom. The van der Waals surface area contributed by atoms with Crippen LogP contribution in [-0.4, -0.2) is 63.9 Å². The van der Waals surface area contributed by atoms with E-state index in [1.54, 1.807) is 12.1 Å². The Balaban J connectivity index is 1.78. The number of hydrogen-bond donors (Lipinski definition) is 4. The molecule has 2 heterocycles. The molecule has 1 aliphatic heterocycles. The van der Waals surface area contributed by atoms with Gasteiger partial charge in [-0.1, -0.05) is 0 Å². The highest BCUT2D eigenvalue weighted by atomic mass is 16.7. The molecule has 26 heavy (non-hydrogen) atoms. The van der Waals surface area contributed by atoms with Crippen LogP contribution in [0.2, 0.25) is 0 Å². The van der Waals surface area contributed by atoms with Crippen LogP contribution in [0.5, 0.6) is 5.75 Å². The number of aliphatic hydroxyl groups excluding tert-OH is 3. The molecule has 4 N–H and O–H groups in total. The number of carboxylic acid groups (broad SMARTS) is 1. The van der Waals surface area contributed by atoms with Crippen molar-refractivity contribution in [2.75, 3.05) is 6.61 Å². The van der Waals surface area contributed by atoms with Gasteiger partial charge in [0.1, 0.15) is 42.4 Å². The number of rotatable bonds is 4. The maximum Gasteiger partial charge on any atom is 0.505 e. The molecule has 1 aromatic carbocycles. The van der Waals surface area contributed by atoms with Gasteiger partial charge in [-0.2, -0.15) is 0 Å². The Labute approximate surface area is 145 Å². The van der Waals surface area contributed by atoms with E-state index in [9.17, 15) is 24.9 Å². The minimum absolute atomic E-state index is 0.164. The summed E-state index contributed by atoms with van der Waals surface area (Å²) in [4.78, 5) is 21.8. The SMILES string of the molecule is O=C(O)OC[C@H]1O[C@@H](Oc2ccc3ccc(=O)oc3c2)[C@H](O)[C@@H](O)[C@H]1O. The highest BCUT2D eigenvalue weighted by molar-refractivity contribution is 5.77. The van der Waals surface area contributed by atoms with Crippen molar-refractivity contribution in [1.29, 1.82) is 0 Å². The van der Waals surface area contributed by atoms with Gasteiger partial charge in [0.15, 0.2) is 0 Å². The smallest absolute Gasteiger partial charge is 0.462 e. The lowest BCUT2D eigenvalue weighted by molar-refractivity contribution is -0.277. The monoisotopic (exact) mass is 368 g/mol. The van der Waals surface area contributed by atoms with Gasteiger partial charge in [-0.15, -0.1) is 0 Å². The number of aliphatic hydroxyl groups is 3. The van der Waals surface area contributed by atoms with E-state index in [0.29, 0.717) is 5.39 Å². The molecule has 0 spiro atoms. The standard InChI is InChI=1S/C16H16O10/c17-11-4-2-7-1-3-8(5-9(7)25-11)24-15-14(20)13(19)12(18)10(26-15)6-23-16(21)22/h1-5,10,12-15,18-20H,6H2,(H,21,22)/t10-,12+,13+,14-,15-/m1/s1. The quantitative estimate of drug-likeness (QED) is 0.416. The van der Waals surface area contributed by atoms with Crippen molar-refractivity contribution in [3.63, 3.8) is 0 Å². The number of benzene rings is 1. The normalized spacial score (nSPS) is 28.7. The number of fused-ring (bicyclic) bond motifs is 1. The number of hydrogen-bond acceptors (Lipinski definition) is 9. The van der Waals surface area contributed by atoms with E-state index in [1.165, 1.54) is 18.2 Å². The number of ether oxygens (including phenoxy) is 3. The van der Waals surface area contributed by atoms with Crippen LogP contribution in [0.4, 0.5) is 4.79 Å². The minimum atomic E-state index is -1.64. The van der Waals surface area contributed by atoms with Gasteiger partial charge < -0.3 is 39.1 Å². The van der Waals surface area contributed by atoms with Gasteiger partial charge >= 0.3 is 11.8 Å². The summed E-state index contributed by atoms with van der Waals surface area (Å²) in [5.41, 5.74) is -0.306. The summed E-state index contributed by atoms with van der Waals surface area (Å²) in [6.07, 6.45) is -9.06. The van der Waals surface area contributed by atoms with E-state index in [-0.39, 0.29) is 11.3 Å². The van der Waals surface area contributed by atoms with E-state index in [0.717, 1.165) is 0 Å². The Hall–Kier alpha value is -2.66. The van der Waals surface area contributed by atoms with Crippen molar-refractivity contribution in [3.8, 4) is 5.75 Å². The Morgan fingerprint density at radius 3 is 2.54 bits per heavy atom. The molecule has 0 saturated carbocycles. The van der Waals surface area contributed by atoms with Crippen molar-refractivity contribution < 1.29 is 43.8 Å². The van der Waals surface area contributed by atoms with Gasteiger partial charge in [0.2, 0.25) is 6.29 Å². The third-order valence-electron chi connectivity index (χ3n) is 3.89. The van der Waals surface area contributed by atoms with Gasteiger partial charge in [-0.3, -0.25) is 0 Å². The van der Waals surface area contributed by atoms with Crippen LogP contribution in [-0.2, 0) is 9.47 Å². The van der Waals surface area contributed by atoms with E-state index in [4.69, 9.17) is 19.0 Å². The van der Waals surface area contributed by atoms with Gasteiger partial charge in [-0.25, -0.2) is 9.59 Å². The molecule has 140 valence electrons. The average Bonchev–Trinajstić information content (AvgIpc) is 2.60. The maximum atomic E-state index is 11.3. The van der Waals surface area contributed by atoms with Gasteiger partial charge in [0.25, 0.3) is 0 Å². The van der Waals surface area contributed by atoms with Crippen LogP contribution >= 0.6 is 0 Å². The molecule has 3 rings (SSSR count). The zero-order chi connectivity index (χ0) is 18.8. The molecule has 0 bridgehead atoms. The summed E-state index contributed by atoms with van der Waals surface area (Å²) in [6.45, 7) is -0.563. The van der Waals surface area contributed by atoms with Crippen LogP contribution in [0.1, 0.15) is 0 Å². The predicted molar refractivity (Wildman–Crippen MR) is 83.8 cm³/mol. The minimum Gasteiger partial charge on any atom is -0.462 e. The lowest BCUT2D eigenvalue weighted by Crippen LogP contribution is -2.60. The zero-order valence-electron chi connectivity index (χ0n) is 13.2. The molecule has 1 aromatic heterocycles. The summed E-state index contributed by atoms with van der Waals surface area (Å²) >= 11 is 0.